The number of carbonyl (C=O) groups excluding carboxylic acids is 2. The van der Waals surface area contributed by atoms with Gasteiger partial charge in [0.2, 0.25) is 11.8 Å². The van der Waals surface area contributed by atoms with E-state index in [1.54, 1.807) is 24.1 Å². The number of rotatable bonds is 4. The Morgan fingerprint density at radius 2 is 1.77 bits per heavy atom. The molecule has 1 N–H and O–H groups in total. The highest BCUT2D eigenvalue weighted by Gasteiger charge is 2.11. The number of likely N-dealkylation sites (N-methyl/N-ethyl adjacent to an activating group) is 1. The molecule has 2 amide bonds. The number of nitrogens with zero attached hydrogens (tertiary/aromatic N) is 1. The minimum absolute atomic E-state index is 0.0258. The molecule has 0 saturated carbocycles. The van der Waals surface area contributed by atoms with Crippen LogP contribution in [-0.2, 0) is 16.0 Å². The lowest BCUT2D eigenvalue weighted by Crippen LogP contribution is -2.27. The lowest BCUT2D eigenvalue weighted by Gasteiger charge is -2.18. The molecule has 0 aromatic heterocycles. The average Bonchev–Trinajstić information content (AvgIpc) is 2.46. The fourth-order valence-corrected chi connectivity index (χ4v) is 2.23. The topological polar surface area (TPSA) is 49.4 Å². The van der Waals surface area contributed by atoms with Crippen LogP contribution in [0.5, 0.6) is 0 Å². The molecule has 2 aromatic carbocycles. The Balaban J connectivity index is 2.05. The van der Waals surface area contributed by atoms with Crippen molar-refractivity contribution >= 4 is 23.2 Å². The smallest absolute Gasteiger partial charge is 0.231 e. The van der Waals surface area contributed by atoms with Crippen LogP contribution in [0, 0.1) is 6.92 Å². The van der Waals surface area contributed by atoms with E-state index in [1.807, 2.05) is 43.3 Å². The van der Waals surface area contributed by atoms with E-state index in [1.165, 1.54) is 6.92 Å². The van der Waals surface area contributed by atoms with Crippen molar-refractivity contribution in [3.05, 3.63) is 59.7 Å². The largest absolute Gasteiger partial charge is 0.326 e. The maximum atomic E-state index is 12.3. The minimum Gasteiger partial charge on any atom is -0.326 e. The van der Waals surface area contributed by atoms with Crippen molar-refractivity contribution < 1.29 is 9.59 Å². The van der Waals surface area contributed by atoms with Gasteiger partial charge in [-0.05, 0) is 36.8 Å². The Hall–Kier alpha value is -2.62. The quantitative estimate of drug-likeness (QED) is 0.942. The molecule has 114 valence electrons. The molecule has 0 atom stereocenters. The monoisotopic (exact) mass is 296 g/mol. The van der Waals surface area contributed by atoms with Crippen LogP contribution in [0.15, 0.2) is 48.5 Å². The number of aryl methyl sites for hydroxylation is 1. The van der Waals surface area contributed by atoms with E-state index in [-0.39, 0.29) is 11.8 Å². The van der Waals surface area contributed by atoms with Crippen molar-refractivity contribution in [3.8, 4) is 0 Å². The summed E-state index contributed by atoms with van der Waals surface area (Å²) in [7, 11) is 1.76. The molecule has 0 saturated heterocycles. The van der Waals surface area contributed by atoms with E-state index < -0.39 is 0 Å². The van der Waals surface area contributed by atoms with Gasteiger partial charge < -0.3 is 10.2 Å². The van der Waals surface area contributed by atoms with Gasteiger partial charge in [0.05, 0.1) is 6.42 Å². The van der Waals surface area contributed by atoms with Crippen molar-refractivity contribution in [1.82, 2.24) is 0 Å². The first-order chi connectivity index (χ1) is 10.5. The van der Waals surface area contributed by atoms with Crippen molar-refractivity contribution in [2.75, 3.05) is 17.3 Å². The summed E-state index contributed by atoms with van der Waals surface area (Å²) in [5.41, 5.74) is 3.67. The van der Waals surface area contributed by atoms with Gasteiger partial charge in [-0.2, -0.15) is 0 Å². The van der Waals surface area contributed by atoms with Crippen LogP contribution in [0.1, 0.15) is 18.1 Å². The lowest BCUT2D eigenvalue weighted by atomic mass is 10.1. The van der Waals surface area contributed by atoms with Crippen LogP contribution in [0.3, 0.4) is 0 Å². The van der Waals surface area contributed by atoms with E-state index in [0.29, 0.717) is 6.42 Å². The number of hydrogen-bond acceptors (Lipinski definition) is 2. The maximum absolute atomic E-state index is 12.3. The van der Waals surface area contributed by atoms with Gasteiger partial charge in [-0.1, -0.05) is 29.8 Å². The highest BCUT2D eigenvalue weighted by molar-refractivity contribution is 5.95. The molecule has 4 nitrogen and oxygen atoms in total. The van der Waals surface area contributed by atoms with Crippen molar-refractivity contribution in [2.45, 2.75) is 20.3 Å². The first-order valence-electron chi connectivity index (χ1n) is 7.15. The number of nitrogens with one attached hydrogen (secondary N) is 1. The van der Waals surface area contributed by atoms with E-state index in [2.05, 4.69) is 5.32 Å². The fraction of sp³-hybridized carbons (Fsp3) is 0.222. The third-order valence-electron chi connectivity index (χ3n) is 3.39. The minimum atomic E-state index is -0.114. The normalized spacial score (nSPS) is 10.1. The van der Waals surface area contributed by atoms with E-state index in [9.17, 15) is 9.59 Å². The molecule has 2 rings (SSSR count). The Labute approximate surface area is 130 Å². The Bertz CT molecular complexity index is 678. The summed E-state index contributed by atoms with van der Waals surface area (Å²) in [6.07, 6.45) is 0.367. The third kappa shape index (κ3) is 4.19. The summed E-state index contributed by atoms with van der Waals surface area (Å²) in [6, 6.07) is 15.2. The SMILES string of the molecule is CC(=O)Nc1ccc(N(C)C(=O)Cc2cccc(C)c2)cc1. The second kappa shape index (κ2) is 6.89. The van der Waals surface area contributed by atoms with Crippen LogP contribution in [0.4, 0.5) is 11.4 Å². The molecule has 0 unspecified atom stereocenters. The molecule has 4 heteroatoms. The van der Waals surface area contributed by atoms with Crippen molar-refractivity contribution in [1.29, 1.82) is 0 Å². The van der Waals surface area contributed by atoms with Crippen LogP contribution in [0.25, 0.3) is 0 Å². The molecule has 0 radical (unpaired) electrons. The summed E-state index contributed by atoms with van der Waals surface area (Å²) in [6.45, 7) is 3.48. The molecule has 0 fully saturated rings. The third-order valence-corrected chi connectivity index (χ3v) is 3.39. The van der Waals surface area contributed by atoms with Gasteiger partial charge in [0, 0.05) is 25.3 Å². The number of anilines is 2. The zero-order chi connectivity index (χ0) is 16.1. The highest BCUT2D eigenvalue weighted by Crippen LogP contribution is 2.18. The summed E-state index contributed by atoms with van der Waals surface area (Å²) >= 11 is 0. The van der Waals surface area contributed by atoms with Gasteiger partial charge in [0.15, 0.2) is 0 Å². The predicted octanol–water partition coefficient (Wildman–Crippen LogP) is 3.16. The molecular weight excluding hydrogens is 276 g/mol. The number of benzene rings is 2. The van der Waals surface area contributed by atoms with Crippen LogP contribution < -0.4 is 10.2 Å². The summed E-state index contributed by atoms with van der Waals surface area (Å²) < 4.78 is 0. The zero-order valence-electron chi connectivity index (χ0n) is 13.1. The Morgan fingerprint density at radius 3 is 2.36 bits per heavy atom. The van der Waals surface area contributed by atoms with E-state index in [0.717, 1.165) is 22.5 Å². The molecule has 0 heterocycles. The van der Waals surface area contributed by atoms with Gasteiger partial charge in [0.1, 0.15) is 0 Å². The number of hydrogen-bond donors (Lipinski definition) is 1. The number of amides is 2. The molecule has 0 aliphatic rings. The van der Waals surface area contributed by atoms with Gasteiger partial charge >= 0.3 is 0 Å². The van der Waals surface area contributed by atoms with Gasteiger partial charge in [-0.3, -0.25) is 9.59 Å². The maximum Gasteiger partial charge on any atom is 0.231 e. The first kappa shape index (κ1) is 15.8. The molecule has 0 aliphatic heterocycles. The predicted molar refractivity (Wildman–Crippen MR) is 89.0 cm³/mol. The summed E-state index contributed by atoms with van der Waals surface area (Å²) in [4.78, 5) is 25.0. The molecule has 22 heavy (non-hydrogen) atoms. The molecule has 2 aromatic rings. The Kier molecular flexibility index (Phi) is 4.94. The van der Waals surface area contributed by atoms with Crippen LogP contribution in [0.2, 0.25) is 0 Å². The fourth-order valence-electron chi connectivity index (χ4n) is 2.23. The van der Waals surface area contributed by atoms with Crippen molar-refractivity contribution in [2.24, 2.45) is 0 Å². The van der Waals surface area contributed by atoms with Crippen LogP contribution in [-0.4, -0.2) is 18.9 Å². The lowest BCUT2D eigenvalue weighted by molar-refractivity contribution is -0.117. The second-order valence-electron chi connectivity index (χ2n) is 5.35. The van der Waals surface area contributed by atoms with Crippen molar-refractivity contribution in [3.63, 3.8) is 0 Å². The van der Waals surface area contributed by atoms with Gasteiger partial charge in [-0.15, -0.1) is 0 Å². The average molecular weight is 296 g/mol. The molecule has 0 spiro atoms. The molecule has 0 aliphatic carbocycles. The van der Waals surface area contributed by atoms with E-state index in [4.69, 9.17) is 0 Å². The second-order valence-corrected chi connectivity index (χ2v) is 5.35. The standard InChI is InChI=1S/C18H20N2O2/c1-13-5-4-6-15(11-13)12-18(22)20(3)17-9-7-16(8-10-17)19-14(2)21/h4-11H,12H2,1-3H3,(H,19,21). The Morgan fingerprint density at radius 1 is 1.09 bits per heavy atom. The molecule has 0 bridgehead atoms. The van der Waals surface area contributed by atoms with Gasteiger partial charge in [-0.25, -0.2) is 0 Å². The van der Waals surface area contributed by atoms with Gasteiger partial charge in [0.25, 0.3) is 0 Å². The zero-order valence-corrected chi connectivity index (χ0v) is 13.1. The highest BCUT2D eigenvalue weighted by atomic mass is 16.2. The van der Waals surface area contributed by atoms with Crippen LogP contribution >= 0.6 is 0 Å². The summed E-state index contributed by atoms with van der Waals surface area (Å²) in [5.74, 6) is -0.0884. The molecular formula is C18H20N2O2. The summed E-state index contributed by atoms with van der Waals surface area (Å²) in [5, 5.41) is 2.70. The number of carbonyl (C=O) groups is 2. The first-order valence-corrected chi connectivity index (χ1v) is 7.15. The van der Waals surface area contributed by atoms with E-state index >= 15 is 0 Å².